The SMILES string of the molecule is COC(=O)/C=C/c1ccc(C)c2ccn(C(=O)C(C)(C)C)c12. The average molecular weight is 299 g/mol. The summed E-state index contributed by atoms with van der Waals surface area (Å²) in [5, 5.41) is 1.00. The normalized spacial score (nSPS) is 12.0. The molecule has 22 heavy (non-hydrogen) atoms. The lowest BCUT2D eigenvalue weighted by atomic mass is 9.95. The number of fused-ring (bicyclic) bond motifs is 1. The van der Waals surface area contributed by atoms with Crippen LogP contribution in [0, 0.1) is 12.3 Å². The van der Waals surface area contributed by atoms with Crippen molar-refractivity contribution in [2.75, 3.05) is 7.11 Å². The minimum atomic E-state index is -0.487. The van der Waals surface area contributed by atoms with Crippen LogP contribution >= 0.6 is 0 Å². The molecule has 0 radical (unpaired) electrons. The Morgan fingerprint density at radius 2 is 1.86 bits per heavy atom. The second-order valence-electron chi connectivity index (χ2n) is 6.33. The number of rotatable bonds is 2. The van der Waals surface area contributed by atoms with Gasteiger partial charge in [0.25, 0.3) is 0 Å². The summed E-state index contributed by atoms with van der Waals surface area (Å²) in [5.74, 6) is -0.408. The number of aromatic nitrogens is 1. The van der Waals surface area contributed by atoms with Gasteiger partial charge in [-0.05, 0) is 30.2 Å². The van der Waals surface area contributed by atoms with Gasteiger partial charge in [0, 0.05) is 23.1 Å². The number of carbonyl (C=O) groups excluding carboxylic acids is 2. The number of esters is 1. The average Bonchev–Trinajstić information content (AvgIpc) is 2.90. The van der Waals surface area contributed by atoms with Crippen molar-refractivity contribution in [3.05, 3.63) is 41.6 Å². The summed E-state index contributed by atoms with van der Waals surface area (Å²) < 4.78 is 6.29. The van der Waals surface area contributed by atoms with Gasteiger partial charge in [-0.15, -0.1) is 0 Å². The van der Waals surface area contributed by atoms with E-state index >= 15 is 0 Å². The third kappa shape index (κ3) is 2.96. The van der Waals surface area contributed by atoms with Crippen molar-refractivity contribution >= 4 is 28.9 Å². The molecule has 1 heterocycles. The van der Waals surface area contributed by atoms with Gasteiger partial charge in [0.2, 0.25) is 5.91 Å². The van der Waals surface area contributed by atoms with Gasteiger partial charge < -0.3 is 4.74 Å². The molecule has 2 rings (SSSR count). The van der Waals surface area contributed by atoms with Crippen LogP contribution in [0.15, 0.2) is 30.5 Å². The second-order valence-corrected chi connectivity index (χ2v) is 6.33. The first-order chi connectivity index (χ1) is 10.3. The number of methoxy groups -OCH3 is 1. The van der Waals surface area contributed by atoms with Crippen LogP contribution in [-0.2, 0) is 9.53 Å². The molecule has 1 aromatic carbocycles. The Bertz CT molecular complexity index is 760. The standard InChI is InChI=1S/C18H21NO3/c1-12-6-7-13(8-9-15(20)22-5)16-14(12)10-11-19(16)17(21)18(2,3)4/h6-11H,1-5H3/b9-8+. The molecule has 0 amide bonds. The highest BCUT2D eigenvalue weighted by Gasteiger charge is 2.25. The Kier molecular flexibility index (Phi) is 4.22. The highest BCUT2D eigenvalue weighted by Crippen LogP contribution is 2.28. The Balaban J connectivity index is 2.66. The fraction of sp³-hybridized carbons (Fsp3) is 0.333. The molecule has 0 bridgehead atoms. The summed E-state index contributed by atoms with van der Waals surface area (Å²) in [6.07, 6.45) is 4.84. The molecule has 0 aliphatic rings. The van der Waals surface area contributed by atoms with Crippen LogP contribution < -0.4 is 0 Å². The van der Waals surface area contributed by atoms with E-state index in [0.717, 1.165) is 22.0 Å². The van der Waals surface area contributed by atoms with E-state index in [0.29, 0.717) is 0 Å². The van der Waals surface area contributed by atoms with Crippen molar-refractivity contribution in [1.29, 1.82) is 0 Å². The van der Waals surface area contributed by atoms with Crippen LogP contribution in [0.5, 0.6) is 0 Å². The molecule has 0 saturated carbocycles. The maximum Gasteiger partial charge on any atom is 0.330 e. The Morgan fingerprint density at radius 3 is 2.45 bits per heavy atom. The zero-order valence-corrected chi connectivity index (χ0v) is 13.6. The van der Waals surface area contributed by atoms with Crippen LogP contribution in [0.2, 0.25) is 0 Å². The number of ether oxygens (including phenoxy) is 1. The van der Waals surface area contributed by atoms with Crippen LogP contribution in [0.25, 0.3) is 17.0 Å². The van der Waals surface area contributed by atoms with E-state index in [4.69, 9.17) is 0 Å². The molecule has 116 valence electrons. The van der Waals surface area contributed by atoms with E-state index in [1.165, 1.54) is 13.2 Å². The summed E-state index contributed by atoms with van der Waals surface area (Å²) in [6.45, 7) is 7.67. The van der Waals surface area contributed by atoms with Gasteiger partial charge in [-0.25, -0.2) is 4.79 Å². The predicted octanol–water partition coefficient (Wildman–Crippen LogP) is 3.82. The van der Waals surface area contributed by atoms with Crippen LogP contribution in [0.1, 0.15) is 36.7 Å². The Hall–Kier alpha value is -2.36. The molecule has 0 aliphatic heterocycles. The Labute approximate surface area is 130 Å². The molecular formula is C18H21NO3. The van der Waals surface area contributed by atoms with Crippen molar-refractivity contribution in [1.82, 2.24) is 4.57 Å². The van der Waals surface area contributed by atoms with Crippen molar-refractivity contribution in [2.24, 2.45) is 5.41 Å². The molecule has 0 unspecified atom stereocenters. The molecular weight excluding hydrogens is 278 g/mol. The van der Waals surface area contributed by atoms with Gasteiger partial charge in [-0.2, -0.15) is 0 Å². The van der Waals surface area contributed by atoms with Crippen molar-refractivity contribution < 1.29 is 14.3 Å². The fourth-order valence-electron chi connectivity index (χ4n) is 2.32. The van der Waals surface area contributed by atoms with Gasteiger partial charge in [0.05, 0.1) is 12.6 Å². The highest BCUT2D eigenvalue weighted by atomic mass is 16.5. The third-order valence-electron chi connectivity index (χ3n) is 3.56. The van der Waals surface area contributed by atoms with Gasteiger partial charge >= 0.3 is 5.97 Å². The van der Waals surface area contributed by atoms with Gasteiger partial charge in [0.1, 0.15) is 0 Å². The van der Waals surface area contributed by atoms with Crippen LogP contribution in [0.4, 0.5) is 0 Å². The zero-order chi connectivity index (χ0) is 16.5. The van der Waals surface area contributed by atoms with E-state index in [1.54, 1.807) is 16.8 Å². The summed E-state index contributed by atoms with van der Waals surface area (Å²) in [6, 6.07) is 5.82. The fourth-order valence-corrected chi connectivity index (χ4v) is 2.32. The molecule has 0 atom stereocenters. The Morgan fingerprint density at radius 1 is 1.18 bits per heavy atom. The van der Waals surface area contributed by atoms with Crippen LogP contribution in [-0.4, -0.2) is 23.6 Å². The topological polar surface area (TPSA) is 48.3 Å². The zero-order valence-electron chi connectivity index (χ0n) is 13.6. The van der Waals surface area contributed by atoms with E-state index < -0.39 is 11.4 Å². The molecule has 2 aromatic rings. The monoisotopic (exact) mass is 299 g/mol. The summed E-state index contributed by atoms with van der Waals surface area (Å²) in [7, 11) is 1.34. The second kappa shape index (κ2) is 5.79. The molecule has 1 aromatic heterocycles. The first kappa shape index (κ1) is 16.0. The predicted molar refractivity (Wildman–Crippen MR) is 87.8 cm³/mol. The first-order valence-corrected chi connectivity index (χ1v) is 7.17. The highest BCUT2D eigenvalue weighted by molar-refractivity contribution is 6.01. The van der Waals surface area contributed by atoms with E-state index in [-0.39, 0.29) is 5.91 Å². The maximum atomic E-state index is 12.6. The molecule has 0 saturated heterocycles. The van der Waals surface area contributed by atoms with Crippen molar-refractivity contribution in [2.45, 2.75) is 27.7 Å². The lowest BCUT2D eigenvalue weighted by Crippen LogP contribution is -2.26. The van der Waals surface area contributed by atoms with Gasteiger partial charge in [-0.3, -0.25) is 9.36 Å². The summed E-state index contributed by atoms with van der Waals surface area (Å²) >= 11 is 0. The van der Waals surface area contributed by atoms with Gasteiger partial charge in [-0.1, -0.05) is 32.9 Å². The quantitative estimate of drug-likeness (QED) is 0.625. The molecule has 0 spiro atoms. The van der Waals surface area contributed by atoms with Crippen LogP contribution in [0.3, 0.4) is 0 Å². The molecule has 4 nitrogen and oxygen atoms in total. The molecule has 0 N–H and O–H groups in total. The summed E-state index contributed by atoms with van der Waals surface area (Å²) in [4.78, 5) is 24.0. The van der Waals surface area contributed by atoms with Crippen molar-refractivity contribution in [3.63, 3.8) is 0 Å². The number of nitrogens with zero attached hydrogens (tertiary/aromatic N) is 1. The lowest BCUT2D eigenvalue weighted by molar-refractivity contribution is -0.134. The first-order valence-electron chi connectivity index (χ1n) is 7.17. The van der Waals surface area contributed by atoms with E-state index in [9.17, 15) is 9.59 Å². The van der Waals surface area contributed by atoms with E-state index in [1.807, 2.05) is 45.9 Å². The molecule has 0 fully saturated rings. The van der Waals surface area contributed by atoms with Gasteiger partial charge in [0.15, 0.2) is 0 Å². The number of aryl methyl sites for hydroxylation is 1. The maximum absolute atomic E-state index is 12.6. The smallest absolute Gasteiger partial charge is 0.330 e. The number of benzene rings is 1. The third-order valence-corrected chi connectivity index (χ3v) is 3.56. The summed E-state index contributed by atoms with van der Waals surface area (Å²) in [5.41, 5.74) is 2.23. The number of carbonyl (C=O) groups is 2. The molecule has 0 aliphatic carbocycles. The lowest BCUT2D eigenvalue weighted by Gasteiger charge is -2.18. The number of hydrogen-bond donors (Lipinski definition) is 0. The number of hydrogen-bond acceptors (Lipinski definition) is 3. The largest absolute Gasteiger partial charge is 0.466 e. The minimum absolute atomic E-state index is 0.0146. The van der Waals surface area contributed by atoms with Crippen molar-refractivity contribution in [3.8, 4) is 0 Å². The van der Waals surface area contributed by atoms with E-state index in [2.05, 4.69) is 4.74 Å². The minimum Gasteiger partial charge on any atom is -0.466 e. The molecule has 4 heteroatoms.